The van der Waals surface area contributed by atoms with Crippen LogP contribution in [0.5, 0.6) is 5.75 Å². The Balaban J connectivity index is 1.85. The van der Waals surface area contributed by atoms with Gasteiger partial charge in [0.15, 0.2) is 0 Å². The summed E-state index contributed by atoms with van der Waals surface area (Å²) in [7, 11) is 1.94. The predicted molar refractivity (Wildman–Crippen MR) is 71.9 cm³/mol. The highest BCUT2D eigenvalue weighted by atomic mass is 16.5. The number of ether oxygens (including phenoxy) is 1. The van der Waals surface area contributed by atoms with Crippen molar-refractivity contribution >= 4 is 5.69 Å². The van der Waals surface area contributed by atoms with Gasteiger partial charge in [0.05, 0.1) is 6.20 Å². The number of aromatic nitrogens is 1. The summed E-state index contributed by atoms with van der Waals surface area (Å²) in [6.45, 7) is 0. The fourth-order valence-corrected chi connectivity index (χ4v) is 2.42. The van der Waals surface area contributed by atoms with Gasteiger partial charge >= 0.3 is 0 Å². The molecular weight excluding hydrogens is 224 g/mol. The minimum Gasteiger partial charge on any atom is -0.484 e. The van der Waals surface area contributed by atoms with Crippen molar-refractivity contribution in [2.45, 2.75) is 18.9 Å². The first-order chi connectivity index (χ1) is 8.86. The lowest BCUT2D eigenvalue weighted by Crippen LogP contribution is -2.04. The highest BCUT2D eigenvalue weighted by Crippen LogP contribution is 2.36. The molecule has 18 heavy (non-hydrogen) atoms. The molecule has 1 heterocycles. The van der Waals surface area contributed by atoms with E-state index >= 15 is 0 Å². The van der Waals surface area contributed by atoms with Crippen LogP contribution in [0.15, 0.2) is 42.7 Å². The van der Waals surface area contributed by atoms with Crippen molar-refractivity contribution in [3.05, 3.63) is 53.9 Å². The van der Waals surface area contributed by atoms with E-state index in [0.29, 0.717) is 0 Å². The first-order valence-electron chi connectivity index (χ1n) is 6.24. The molecule has 3 heteroatoms. The van der Waals surface area contributed by atoms with Crippen LogP contribution in [0.3, 0.4) is 0 Å². The summed E-state index contributed by atoms with van der Waals surface area (Å²) in [5.41, 5.74) is 3.82. The molecule has 92 valence electrons. The molecular formula is C15H16N2O. The number of hydrogen-bond donors (Lipinski definition) is 1. The maximum atomic E-state index is 6.01. The molecule has 2 aromatic rings. The van der Waals surface area contributed by atoms with Crippen molar-refractivity contribution in [1.29, 1.82) is 0 Å². The summed E-state index contributed by atoms with van der Waals surface area (Å²) in [6.07, 6.45) is 5.80. The van der Waals surface area contributed by atoms with Crippen LogP contribution in [0.4, 0.5) is 5.69 Å². The normalized spacial score (nSPS) is 17.3. The first kappa shape index (κ1) is 11.1. The SMILES string of the molecule is CNc1ccc2c(c1)C(Oc1cccnc1)CC2. The molecule has 1 unspecified atom stereocenters. The number of benzene rings is 1. The average molecular weight is 240 g/mol. The zero-order valence-electron chi connectivity index (χ0n) is 10.4. The number of nitrogens with one attached hydrogen (secondary N) is 1. The smallest absolute Gasteiger partial charge is 0.138 e. The molecule has 0 bridgehead atoms. The number of rotatable bonds is 3. The molecule has 1 aliphatic carbocycles. The Morgan fingerprint density at radius 1 is 1.33 bits per heavy atom. The number of nitrogens with zero attached hydrogens (tertiary/aromatic N) is 1. The highest BCUT2D eigenvalue weighted by Gasteiger charge is 2.24. The Kier molecular flexibility index (Phi) is 2.89. The maximum absolute atomic E-state index is 6.01. The van der Waals surface area contributed by atoms with Crippen LogP contribution < -0.4 is 10.1 Å². The third-order valence-corrected chi connectivity index (χ3v) is 3.37. The van der Waals surface area contributed by atoms with E-state index in [1.807, 2.05) is 19.2 Å². The van der Waals surface area contributed by atoms with Gasteiger partial charge in [-0.25, -0.2) is 0 Å². The number of pyridine rings is 1. The minimum absolute atomic E-state index is 0.150. The van der Waals surface area contributed by atoms with Crippen molar-refractivity contribution in [1.82, 2.24) is 4.98 Å². The molecule has 0 spiro atoms. The zero-order valence-corrected chi connectivity index (χ0v) is 10.4. The first-order valence-corrected chi connectivity index (χ1v) is 6.24. The fourth-order valence-electron chi connectivity index (χ4n) is 2.42. The van der Waals surface area contributed by atoms with E-state index in [1.54, 1.807) is 12.4 Å². The predicted octanol–water partition coefficient (Wildman–Crippen LogP) is 3.19. The lowest BCUT2D eigenvalue weighted by Gasteiger charge is -2.15. The monoisotopic (exact) mass is 240 g/mol. The van der Waals surface area contributed by atoms with Crippen LogP contribution in [-0.2, 0) is 6.42 Å². The van der Waals surface area contributed by atoms with E-state index in [-0.39, 0.29) is 6.10 Å². The van der Waals surface area contributed by atoms with Crippen molar-refractivity contribution in [3.63, 3.8) is 0 Å². The Bertz CT molecular complexity index is 539. The van der Waals surface area contributed by atoms with Gasteiger partial charge in [0.25, 0.3) is 0 Å². The molecule has 1 aromatic carbocycles. The molecule has 1 N–H and O–H groups in total. The standard InChI is InChI=1S/C15H16N2O/c1-16-12-6-4-11-5-7-15(14(11)9-12)18-13-3-2-8-17-10-13/h2-4,6,8-10,15-16H,5,7H2,1H3. The average Bonchev–Trinajstić information content (AvgIpc) is 2.82. The molecule has 3 nitrogen and oxygen atoms in total. The van der Waals surface area contributed by atoms with E-state index in [2.05, 4.69) is 28.5 Å². The van der Waals surface area contributed by atoms with Crippen molar-refractivity contribution in [2.75, 3.05) is 12.4 Å². The number of hydrogen-bond acceptors (Lipinski definition) is 3. The molecule has 1 aliphatic rings. The van der Waals surface area contributed by atoms with Crippen LogP contribution >= 0.6 is 0 Å². The van der Waals surface area contributed by atoms with Crippen molar-refractivity contribution in [2.24, 2.45) is 0 Å². The van der Waals surface area contributed by atoms with Gasteiger partial charge in [0.2, 0.25) is 0 Å². The van der Waals surface area contributed by atoms with Crippen LogP contribution in [0.25, 0.3) is 0 Å². The number of aryl methyl sites for hydroxylation is 1. The number of fused-ring (bicyclic) bond motifs is 1. The Morgan fingerprint density at radius 2 is 2.28 bits per heavy atom. The molecule has 0 saturated carbocycles. The largest absolute Gasteiger partial charge is 0.484 e. The van der Waals surface area contributed by atoms with Crippen molar-refractivity contribution < 1.29 is 4.74 Å². The Labute approximate surface area is 107 Å². The minimum atomic E-state index is 0.150. The van der Waals surface area contributed by atoms with Crippen LogP contribution in [0, 0.1) is 0 Å². The van der Waals surface area contributed by atoms with E-state index in [4.69, 9.17) is 4.74 Å². The van der Waals surface area contributed by atoms with Crippen molar-refractivity contribution in [3.8, 4) is 5.75 Å². The molecule has 0 fully saturated rings. The lowest BCUT2D eigenvalue weighted by molar-refractivity contribution is 0.207. The molecule has 1 atom stereocenters. The van der Waals surface area contributed by atoms with Gasteiger partial charge in [-0.15, -0.1) is 0 Å². The summed E-state index contributed by atoms with van der Waals surface area (Å²) in [6, 6.07) is 10.3. The van der Waals surface area contributed by atoms with Gasteiger partial charge in [-0.3, -0.25) is 4.98 Å². The summed E-state index contributed by atoms with van der Waals surface area (Å²) in [5, 5.41) is 3.17. The van der Waals surface area contributed by atoms with Gasteiger partial charge < -0.3 is 10.1 Å². The molecule has 0 amide bonds. The Morgan fingerprint density at radius 3 is 3.06 bits per heavy atom. The van der Waals surface area contributed by atoms with Gasteiger partial charge in [-0.2, -0.15) is 0 Å². The van der Waals surface area contributed by atoms with E-state index in [1.165, 1.54) is 11.1 Å². The lowest BCUT2D eigenvalue weighted by atomic mass is 10.1. The van der Waals surface area contributed by atoms with Gasteiger partial charge in [0, 0.05) is 18.9 Å². The van der Waals surface area contributed by atoms with Crippen LogP contribution in [-0.4, -0.2) is 12.0 Å². The highest BCUT2D eigenvalue weighted by molar-refractivity contribution is 5.50. The topological polar surface area (TPSA) is 34.1 Å². The van der Waals surface area contributed by atoms with Gasteiger partial charge in [-0.05, 0) is 48.2 Å². The third-order valence-electron chi connectivity index (χ3n) is 3.37. The third kappa shape index (κ3) is 2.04. The Hall–Kier alpha value is -2.03. The van der Waals surface area contributed by atoms with E-state index in [0.717, 1.165) is 24.3 Å². The van der Waals surface area contributed by atoms with Crippen LogP contribution in [0.2, 0.25) is 0 Å². The second-order valence-electron chi connectivity index (χ2n) is 4.50. The van der Waals surface area contributed by atoms with E-state index in [9.17, 15) is 0 Å². The second kappa shape index (κ2) is 4.69. The fraction of sp³-hybridized carbons (Fsp3) is 0.267. The summed E-state index contributed by atoms with van der Waals surface area (Å²) < 4.78 is 6.01. The molecule has 0 saturated heterocycles. The van der Waals surface area contributed by atoms with Crippen LogP contribution in [0.1, 0.15) is 23.7 Å². The molecule has 0 aliphatic heterocycles. The summed E-state index contributed by atoms with van der Waals surface area (Å²) in [5.74, 6) is 0.838. The molecule has 1 aromatic heterocycles. The number of anilines is 1. The molecule has 0 radical (unpaired) electrons. The summed E-state index contributed by atoms with van der Waals surface area (Å²) >= 11 is 0. The zero-order chi connectivity index (χ0) is 12.4. The molecule has 3 rings (SSSR count). The summed E-state index contributed by atoms with van der Waals surface area (Å²) in [4.78, 5) is 4.08. The van der Waals surface area contributed by atoms with Gasteiger partial charge in [0.1, 0.15) is 11.9 Å². The maximum Gasteiger partial charge on any atom is 0.138 e. The second-order valence-corrected chi connectivity index (χ2v) is 4.50. The quantitative estimate of drug-likeness (QED) is 0.894. The van der Waals surface area contributed by atoms with E-state index < -0.39 is 0 Å². The van der Waals surface area contributed by atoms with Gasteiger partial charge in [-0.1, -0.05) is 6.07 Å².